The molecule has 0 heterocycles. The zero-order chi connectivity index (χ0) is 33.8. The van der Waals surface area contributed by atoms with Crippen LogP contribution in [0, 0.1) is 0 Å². The first-order valence-electron chi connectivity index (χ1n) is 14.8. The van der Waals surface area contributed by atoms with Gasteiger partial charge in [-0.1, -0.05) is 36.4 Å². The first kappa shape index (κ1) is 35.0. The number of methoxy groups -OCH3 is 8. The lowest BCUT2D eigenvalue weighted by Gasteiger charge is -2.24. The summed E-state index contributed by atoms with van der Waals surface area (Å²) in [6.07, 6.45) is 8.39. The molecular weight excluding hydrogens is 616 g/mol. The molecule has 8 nitrogen and oxygen atoms in total. The van der Waals surface area contributed by atoms with Crippen molar-refractivity contribution in [3.05, 3.63) is 107 Å². The van der Waals surface area contributed by atoms with Gasteiger partial charge in [-0.3, -0.25) is 0 Å². The number of ether oxygens (including phenoxy) is 8. The highest BCUT2D eigenvalue weighted by molar-refractivity contribution is 8.00. The SMILES string of the molecule is COc1ccc(C=CC(SC(/C=C\c2ccc(OC)cc2OC)c2ccc(OC)cc2OC)c2ccc(OC)cc2OC)c(OC)c1. The minimum atomic E-state index is -0.193. The van der Waals surface area contributed by atoms with Crippen molar-refractivity contribution in [2.45, 2.75) is 10.5 Å². The molecular formula is C38H42O8S. The first-order chi connectivity index (χ1) is 22.9. The molecule has 2 unspecified atom stereocenters. The molecule has 0 amide bonds. The quantitative estimate of drug-likeness (QED) is 0.118. The Morgan fingerprint density at radius 3 is 1.04 bits per heavy atom. The van der Waals surface area contributed by atoms with Crippen molar-refractivity contribution in [2.75, 3.05) is 56.9 Å². The van der Waals surface area contributed by atoms with Crippen LogP contribution in [0.1, 0.15) is 32.8 Å². The Morgan fingerprint density at radius 1 is 0.404 bits per heavy atom. The summed E-state index contributed by atoms with van der Waals surface area (Å²) in [5.74, 6) is 5.64. The summed E-state index contributed by atoms with van der Waals surface area (Å²) in [4.78, 5) is 0. The number of hydrogen-bond acceptors (Lipinski definition) is 9. The van der Waals surface area contributed by atoms with E-state index in [4.69, 9.17) is 37.9 Å². The molecule has 0 fully saturated rings. The lowest BCUT2D eigenvalue weighted by atomic mass is 10.1. The van der Waals surface area contributed by atoms with Crippen molar-refractivity contribution in [2.24, 2.45) is 0 Å². The normalized spacial score (nSPS) is 12.4. The fourth-order valence-corrected chi connectivity index (χ4v) is 6.34. The third kappa shape index (κ3) is 8.68. The van der Waals surface area contributed by atoms with Crippen LogP contribution in [0.2, 0.25) is 0 Å². The maximum Gasteiger partial charge on any atom is 0.129 e. The Bertz CT molecular complexity index is 1560. The van der Waals surface area contributed by atoms with Gasteiger partial charge in [0, 0.05) is 46.5 Å². The predicted octanol–water partition coefficient (Wildman–Crippen LogP) is 8.70. The molecule has 0 saturated carbocycles. The van der Waals surface area contributed by atoms with Crippen LogP contribution in [-0.2, 0) is 0 Å². The number of hydrogen-bond donors (Lipinski definition) is 0. The van der Waals surface area contributed by atoms with Gasteiger partial charge in [0.05, 0.1) is 67.4 Å². The van der Waals surface area contributed by atoms with Gasteiger partial charge in [0.2, 0.25) is 0 Å². The van der Waals surface area contributed by atoms with E-state index in [0.717, 1.165) is 22.3 Å². The Morgan fingerprint density at radius 2 is 0.723 bits per heavy atom. The summed E-state index contributed by atoms with van der Waals surface area (Å²) in [5, 5.41) is -0.385. The largest absolute Gasteiger partial charge is 0.497 e. The van der Waals surface area contributed by atoms with E-state index < -0.39 is 0 Å². The lowest BCUT2D eigenvalue weighted by Crippen LogP contribution is -2.02. The molecule has 0 radical (unpaired) electrons. The Balaban J connectivity index is 1.87. The van der Waals surface area contributed by atoms with Crippen LogP contribution < -0.4 is 37.9 Å². The van der Waals surface area contributed by atoms with Crippen LogP contribution in [0.5, 0.6) is 46.0 Å². The van der Waals surface area contributed by atoms with Crippen molar-refractivity contribution in [3.63, 3.8) is 0 Å². The molecule has 4 rings (SSSR count). The zero-order valence-electron chi connectivity index (χ0n) is 28.1. The van der Waals surface area contributed by atoms with Crippen LogP contribution in [0.25, 0.3) is 12.2 Å². The third-order valence-corrected chi connectivity index (χ3v) is 8.98. The summed E-state index contributed by atoms with van der Waals surface area (Å²) < 4.78 is 45.0. The van der Waals surface area contributed by atoms with Gasteiger partial charge in [0.25, 0.3) is 0 Å². The van der Waals surface area contributed by atoms with Crippen LogP contribution >= 0.6 is 11.8 Å². The van der Waals surface area contributed by atoms with Crippen molar-refractivity contribution >= 4 is 23.9 Å². The molecule has 0 aliphatic heterocycles. The molecule has 0 N–H and O–H groups in total. The predicted molar refractivity (Wildman–Crippen MR) is 189 cm³/mol. The first-order valence-corrected chi connectivity index (χ1v) is 15.8. The molecule has 0 aromatic heterocycles. The minimum Gasteiger partial charge on any atom is -0.497 e. The van der Waals surface area contributed by atoms with Crippen molar-refractivity contribution in [1.29, 1.82) is 0 Å². The van der Waals surface area contributed by atoms with E-state index in [1.54, 1.807) is 68.6 Å². The average Bonchev–Trinajstić information content (AvgIpc) is 3.13. The van der Waals surface area contributed by atoms with Gasteiger partial charge in [-0.2, -0.15) is 0 Å². The van der Waals surface area contributed by atoms with Crippen molar-refractivity contribution in [1.82, 2.24) is 0 Å². The molecule has 4 aromatic carbocycles. The lowest BCUT2D eigenvalue weighted by molar-refractivity contribution is 0.391. The van der Waals surface area contributed by atoms with E-state index in [9.17, 15) is 0 Å². The second kappa shape index (κ2) is 17.1. The topological polar surface area (TPSA) is 73.8 Å². The second-order valence-electron chi connectivity index (χ2n) is 10.1. The fourth-order valence-electron chi connectivity index (χ4n) is 5.00. The Kier molecular flexibility index (Phi) is 12.8. The molecule has 2 atom stereocenters. The standard InChI is InChI=1S/C38H42O8S/c1-39-27-13-9-25(33(21-27)43-5)11-19-37(31-17-15-29(41-3)23-35(31)45-7)47-38(32-18-16-30(42-4)24-36(32)46-8)20-12-26-10-14-28(40-2)22-34(26)44-6/h9-24,37-38H,1-8H3/b19-11-,20-12?. The van der Waals surface area contributed by atoms with Crippen LogP contribution in [0.15, 0.2) is 84.9 Å². The number of rotatable bonds is 16. The minimum absolute atomic E-state index is 0.193. The van der Waals surface area contributed by atoms with Gasteiger partial charge in [0.1, 0.15) is 46.0 Å². The molecule has 0 spiro atoms. The van der Waals surface area contributed by atoms with Gasteiger partial charge in [-0.15, -0.1) is 11.8 Å². The van der Waals surface area contributed by atoms with E-state index in [1.807, 2.05) is 72.8 Å². The van der Waals surface area contributed by atoms with E-state index in [-0.39, 0.29) is 10.5 Å². The highest BCUT2D eigenvalue weighted by Crippen LogP contribution is 2.49. The molecule has 9 heteroatoms. The van der Waals surface area contributed by atoms with E-state index >= 15 is 0 Å². The highest BCUT2D eigenvalue weighted by Gasteiger charge is 2.23. The Labute approximate surface area is 281 Å². The molecule has 0 saturated heterocycles. The molecule has 47 heavy (non-hydrogen) atoms. The summed E-state index contributed by atoms with van der Waals surface area (Å²) in [6, 6.07) is 23.2. The van der Waals surface area contributed by atoms with Crippen LogP contribution in [-0.4, -0.2) is 56.9 Å². The van der Waals surface area contributed by atoms with E-state index in [1.165, 1.54) is 0 Å². The maximum absolute atomic E-state index is 5.88. The second-order valence-corrected chi connectivity index (χ2v) is 11.4. The molecule has 0 aliphatic carbocycles. The number of thioether (sulfide) groups is 1. The average molecular weight is 659 g/mol. The zero-order valence-corrected chi connectivity index (χ0v) is 28.9. The fraction of sp³-hybridized carbons (Fsp3) is 0.263. The van der Waals surface area contributed by atoms with Gasteiger partial charge in [-0.05, 0) is 36.4 Å². The van der Waals surface area contributed by atoms with E-state index in [2.05, 4.69) is 24.3 Å². The summed E-state index contributed by atoms with van der Waals surface area (Å²) in [7, 11) is 13.2. The molecule has 0 aliphatic rings. The summed E-state index contributed by atoms with van der Waals surface area (Å²) >= 11 is 1.72. The Hall–Kier alpha value is -4.89. The molecule has 248 valence electrons. The van der Waals surface area contributed by atoms with Gasteiger partial charge in [0.15, 0.2) is 0 Å². The van der Waals surface area contributed by atoms with Gasteiger partial charge < -0.3 is 37.9 Å². The number of benzene rings is 4. The summed E-state index contributed by atoms with van der Waals surface area (Å²) in [6.45, 7) is 0. The smallest absolute Gasteiger partial charge is 0.129 e. The van der Waals surface area contributed by atoms with Crippen molar-refractivity contribution < 1.29 is 37.9 Å². The van der Waals surface area contributed by atoms with E-state index in [0.29, 0.717) is 46.0 Å². The van der Waals surface area contributed by atoms with Crippen LogP contribution in [0.3, 0.4) is 0 Å². The van der Waals surface area contributed by atoms with Crippen molar-refractivity contribution in [3.8, 4) is 46.0 Å². The third-order valence-electron chi connectivity index (χ3n) is 7.57. The maximum atomic E-state index is 5.88. The van der Waals surface area contributed by atoms with Crippen LogP contribution in [0.4, 0.5) is 0 Å². The summed E-state index contributed by atoms with van der Waals surface area (Å²) in [5.41, 5.74) is 3.75. The van der Waals surface area contributed by atoms with Gasteiger partial charge >= 0.3 is 0 Å². The van der Waals surface area contributed by atoms with Gasteiger partial charge in [-0.25, -0.2) is 0 Å². The highest BCUT2D eigenvalue weighted by atomic mass is 32.2. The molecule has 4 aromatic rings. The molecule has 0 bridgehead atoms. The monoisotopic (exact) mass is 658 g/mol.